The van der Waals surface area contributed by atoms with Gasteiger partial charge in [0.15, 0.2) is 17.0 Å². The number of nitrogens with zero attached hydrogens (tertiary/aromatic N) is 4. The third-order valence-electron chi connectivity index (χ3n) is 5.09. The van der Waals surface area contributed by atoms with E-state index in [1.54, 1.807) is 29.3 Å². The molecule has 3 aromatic rings. The van der Waals surface area contributed by atoms with E-state index in [0.29, 0.717) is 22.8 Å². The number of aliphatic hydroxyl groups excluding tert-OH is 2. The summed E-state index contributed by atoms with van der Waals surface area (Å²) >= 11 is 1.56. The van der Waals surface area contributed by atoms with E-state index in [0.717, 1.165) is 5.56 Å². The molecule has 0 bridgehead atoms. The van der Waals surface area contributed by atoms with Gasteiger partial charge in [0.1, 0.15) is 6.10 Å². The lowest BCUT2D eigenvalue weighted by atomic mass is 10.1. The average molecular weight is 412 g/mol. The number of carbonyl (C=O) groups excluding carboxylic acids is 1. The molecule has 3 heterocycles. The maximum atomic E-state index is 12.0. The standard InChI is InChI=1S/C19H20N6O3S/c1-20-17-14-18(24-13(23-17)4-3-10-5-6-29-8-10)25(9-22-14)12-7-11(19(28)21-2)15(26)16(12)27/h5-6,8-9,11-12,15-16,26-27H,7H2,1-2H3,(H,21,28)(H,20,23,24)/t11-,12+,15+,16-/m0/s1. The van der Waals surface area contributed by atoms with E-state index in [4.69, 9.17) is 0 Å². The van der Waals surface area contributed by atoms with Gasteiger partial charge in [0, 0.05) is 25.0 Å². The predicted molar refractivity (Wildman–Crippen MR) is 108 cm³/mol. The highest BCUT2D eigenvalue weighted by atomic mass is 32.1. The van der Waals surface area contributed by atoms with Crippen LogP contribution in [-0.4, -0.2) is 61.9 Å². The Balaban J connectivity index is 1.76. The Morgan fingerprint density at radius 2 is 2.10 bits per heavy atom. The summed E-state index contributed by atoms with van der Waals surface area (Å²) in [6.07, 6.45) is -0.477. The van der Waals surface area contributed by atoms with Gasteiger partial charge in [-0.05, 0) is 23.8 Å². The molecule has 1 amide bonds. The maximum Gasteiger partial charge on any atom is 0.225 e. The number of imidazole rings is 1. The van der Waals surface area contributed by atoms with Crippen LogP contribution in [0.3, 0.4) is 0 Å². The first kappa shape index (κ1) is 19.3. The highest BCUT2D eigenvalue weighted by Crippen LogP contribution is 2.37. The van der Waals surface area contributed by atoms with E-state index in [-0.39, 0.29) is 12.3 Å². The van der Waals surface area contributed by atoms with Crippen LogP contribution in [0, 0.1) is 17.8 Å². The average Bonchev–Trinajstić information content (AvgIpc) is 3.46. The van der Waals surface area contributed by atoms with E-state index in [1.165, 1.54) is 7.05 Å². The Bertz CT molecular complexity index is 1100. The molecule has 3 aromatic heterocycles. The largest absolute Gasteiger partial charge is 0.390 e. The van der Waals surface area contributed by atoms with E-state index in [9.17, 15) is 15.0 Å². The van der Waals surface area contributed by atoms with Gasteiger partial charge in [-0.2, -0.15) is 11.3 Å². The fourth-order valence-corrected chi connectivity index (χ4v) is 4.17. The Hall–Kier alpha value is -3.00. The molecule has 1 aliphatic carbocycles. The minimum absolute atomic E-state index is 0.266. The molecule has 0 aliphatic heterocycles. The van der Waals surface area contributed by atoms with Crippen molar-refractivity contribution in [2.75, 3.05) is 19.4 Å². The summed E-state index contributed by atoms with van der Waals surface area (Å²) in [4.78, 5) is 25.3. The number of carbonyl (C=O) groups is 1. The van der Waals surface area contributed by atoms with Crippen LogP contribution in [-0.2, 0) is 4.79 Å². The van der Waals surface area contributed by atoms with Gasteiger partial charge in [0.2, 0.25) is 11.7 Å². The van der Waals surface area contributed by atoms with E-state index >= 15 is 0 Å². The smallest absolute Gasteiger partial charge is 0.225 e. The fraction of sp³-hybridized carbons (Fsp3) is 0.368. The van der Waals surface area contributed by atoms with Gasteiger partial charge in [-0.3, -0.25) is 4.79 Å². The number of rotatable bonds is 3. The lowest BCUT2D eigenvalue weighted by molar-refractivity contribution is -0.128. The molecule has 0 saturated heterocycles. The molecule has 10 heteroatoms. The van der Waals surface area contributed by atoms with Crippen LogP contribution in [0.5, 0.6) is 0 Å². The first-order valence-corrected chi connectivity index (χ1v) is 10.0. The molecule has 1 aliphatic rings. The van der Waals surface area contributed by atoms with Gasteiger partial charge in [-0.25, -0.2) is 15.0 Å². The number of thiophene rings is 1. The van der Waals surface area contributed by atoms with E-state index < -0.39 is 24.2 Å². The Morgan fingerprint density at radius 3 is 2.79 bits per heavy atom. The summed E-state index contributed by atoms with van der Waals surface area (Å²) in [5.41, 5.74) is 1.88. The van der Waals surface area contributed by atoms with Crippen molar-refractivity contribution < 1.29 is 15.0 Å². The molecule has 0 unspecified atom stereocenters. The SMILES string of the molecule is CNC(=O)[C@H]1C[C@@H](n2cnc3c(NC)nc(C#Cc4ccsc4)nc32)[C@H](O)[C@@H]1O. The molecule has 4 rings (SSSR count). The molecular weight excluding hydrogens is 392 g/mol. The summed E-state index contributed by atoms with van der Waals surface area (Å²) in [6.45, 7) is 0. The second-order valence-corrected chi connectivity index (χ2v) is 7.52. The van der Waals surface area contributed by atoms with E-state index in [2.05, 4.69) is 37.4 Å². The lowest BCUT2D eigenvalue weighted by Crippen LogP contribution is -2.36. The third kappa shape index (κ3) is 3.44. The first-order chi connectivity index (χ1) is 14.0. The maximum absolute atomic E-state index is 12.0. The first-order valence-electron chi connectivity index (χ1n) is 9.07. The zero-order chi connectivity index (χ0) is 20.5. The van der Waals surface area contributed by atoms with Crippen molar-refractivity contribution in [1.82, 2.24) is 24.8 Å². The zero-order valence-corrected chi connectivity index (χ0v) is 16.6. The number of nitrogens with one attached hydrogen (secondary N) is 2. The van der Waals surface area contributed by atoms with Crippen molar-refractivity contribution in [3.8, 4) is 11.8 Å². The van der Waals surface area contributed by atoms with Crippen molar-refractivity contribution >= 4 is 34.2 Å². The van der Waals surface area contributed by atoms with Gasteiger partial charge in [0.05, 0.1) is 24.4 Å². The highest BCUT2D eigenvalue weighted by molar-refractivity contribution is 7.08. The summed E-state index contributed by atoms with van der Waals surface area (Å²) in [5, 5.41) is 30.3. The summed E-state index contributed by atoms with van der Waals surface area (Å²) in [6, 6.07) is 1.36. The van der Waals surface area contributed by atoms with Crippen LogP contribution < -0.4 is 10.6 Å². The molecule has 0 aromatic carbocycles. The van der Waals surface area contributed by atoms with Gasteiger partial charge < -0.3 is 25.4 Å². The van der Waals surface area contributed by atoms with Crippen LogP contribution in [0.15, 0.2) is 23.2 Å². The molecule has 0 radical (unpaired) electrons. The number of fused-ring (bicyclic) bond motifs is 1. The number of anilines is 1. The Labute approximate surface area is 170 Å². The molecule has 1 fully saturated rings. The van der Waals surface area contributed by atoms with Crippen molar-refractivity contribution in [3.63, 3.8) is 0 Å². The summed E-state index contributed by atoms with van der Waals surface area (Å²) in [7, 11) is 3.24. The normalized spacial score (nSPS) is 23.6. The van der Waals surface area contributed by atoms with Crippen LogP contribution in [0.1, 0.15) is 23.9 Å². The fourth-order valence-electron chi connectivity index (χ4n) is 3.58. The van der Waals surface area contributed by atoms with Crippen molar-refractivity contribution in [1.29, 1.82) is 0 Å². The third-order valence-corrected chi connectivity index (χ3v) is 5.77. The molecule has 4 N–H and O–H groups in total. The van der Waals surface area contributed by atoms with Crippen LogP contribution in [0.25, 0.3) is 11.2 Å². The second-order valence-electron chi connectivity index (χ2n) is 6.74. The van der Waals surface area contributed by atoms with Gasteiger partial charge in [-0.15, -0.1) is 0 Å². The molecule has 150 valence electrons. The molecular formula is C19H20N6O3S. The van der Waals surface area contributed by atoms with Crippen molar-refractivity contribution in [2.45, 2.75) is 24.7 Å². The number of hydrogen-bond donors (Lipinski definition) is 4. The van der Waals surface area contributed by atoms with Crippen LogP contribution >= 0.6 is 11.3 Å². The minimum atomic E-state index is -1.17. The van der Waals surface area contributed by atoms with E-state index in [1.807, 2.05) is 16.8 Å². The molecule has 29 heavy (non-hydrogen) atoms. The predicted octanol–water partition coefficient (Wildman–Crippen LogP) is 0.358. The Kier molecular flexibility index (Phi) is 5.19. The van der Waals surface area contributed by atoms with Crippen molar-refractivity contribution in [3.05, 3.63) is 34.5 Å². The number of amides is 1. The molecule has 4 atom stereocenters. The van der Waals surface area contributed by atoms with Gasteiger partial charge in [-0.1, -0.05) is 5.92 Å². The molecule has 9 nitrogen and oxygen atoms in total. The van der Waals surface area contributed by atoms with Crippen molar-refractivity contribution in [2.24, 2.45) is 5.92 Å². The quantitative estimate of drug-likeness (QED) is 0.458. The monoisotopic (exact) mass is 412 g/mol. The summed E-state index contributed by atoms with van der Waals surface area (Å²) in [5.74, 6) is 5.78. The topological polar surface area (TPSA) is 125 Å². The van der Waals surface area contributed by atoms with Gasteiger partial charge in [0.25, 0.3) is 0 Å². The number of hydrogen-bond acceptors (Lipinski definition) is 8. The second kappa shape index (κ2) is 7.79. The molecule has 0 spiro atoms. The molecule has 1 saturated carbocycles. The number of aliphatic hydroxyl groups is 2. The Morgan fingerprint density at radius 1 is 1.28 bits per heavy atom. The minimum Gasteiger partial charge on any atom is -0.390 e. The summed E-state index contributed by atoms with van der Waals surface area (Å²) < 4.78 is 1.68. The number of aromatic nitrogens is 4. The zero-order valence-electron chi connectivity index (χ0n) is 15.8. The highest BCUT2D eigenvalue weighted by Gasteiger charge is 2.46. The van der Waals surface area contributed by atoms with Crippen LogP contribution in [0.4, 0.5) is 5.82 Å². The lowest BCUT2D eigenvalue weighted by Gasteiger charge is -2.18. The van der Waals surface area contributed by atoms with Crippen LogP contribution in [0.2, 0.25) is 0 Å². The van der Waals surface area contributed by atoms with Gasteiger partial charge >= 0.3 is 0 Å².